The molecule has 0 fully saturated rings. The maximum absolute atomic E-state index is 11.7. The Bertz CT molecular complexity index is 633. The second kappa shape index (κ2) is 6.56. The third-order valence-electron chi connectivity index (χ3n) is 2.85. The molecule has 0 radical (unpaired) electrons. The molecular weight excluding hydrogens is 276 g/mol. The third-order valence-corrected chi connectivity index (χ3v) is 2.85. The Hall–Kier alpha value is -2.83. The van der Waals surface area contributed by atoms with Gasteiger partial charge in [-0.3, -0.25) is 14.9 Å². The second-order valence-corrected chi connectivity index (χ2v) is 4.25. The molecule has 0 saturated heterocycles. The summed E-state index contributed by atoms with van der Waals surface area (Å²) in [7, 11) is 1.60. The first-order valence-corrected chi connectivity index (χ1v) is 6.25. The maximum atomic E-state index is 11.7. The van der Waals surface area contributed by atoms with Crippen LogP contribution in [0.1, 0.15) is 16.1 Å². The summed E-state index contributed by atoms with van der Waals surface area (Å²) in [5.41, 5.74) is 1.04. The van der Waals surface area contributed by atoms with Crippen LogP contribution in [0.25, 0.3) is 0 Å². The van der Waals surface area contributed by atoms with Crippen molar-refractivity contribution in [2.45, 2.75) is 6.42 Å². The lowest BCUT2D eigenvalue weighted by molar-refractivity contribution is -0.402. The highest BCUT2D eigenvalue weighted by Crippen LogP contribution is 2.15. The summed E-state index contributed by atoms with van der Waals surface area (Å²) in [5.74, 6) is -0.228. The third kappa shape index (κ3) is 3.82. The van der Waals surface area contributed by atoms with Crippen LogP contribution < -0.4 is 10.1 Å². The molecule has 0 atom stereocenters. The highest BCUT2D eigenvalue weighted by molar-refractivity contribution is 5.91. The van der Waals surface area contributed by atoms with Crippen molar-refractivity contribution < 1.29 is 18.9 Å². The van der Waals surface area contributed by atoms with E-state index in [0.29, 0.717) is 13.0 Å². The van der Waals surface area contributed by atoms with Crippen molar-refractivity contribution in [2.24, 2.45) is 0 Å². The molecule has 2 rings (SSSR count). The number of nitrogens with one attached hydrogen (secondary N) is 1. The Morgan fingerprint density at radius 1 is 1.29 bits per heavy atom. The van der Waals surface area contributed by atoms with Crippen LogP contribution in [0.3, 0.4) is 0 Å². The van der Waals surface area contributed by atoms with Crippen LogP contribution >= 0.6 is 0 Å². The first kappa shape index (κ1) is 14.6. The van der Waals surface area contributed by atoms with E-state index in [0.717, 1.165) is 17.4 Å². The Labute approximate surface area is 120 Å². The van der Waals surface area contributed by atoms with Crippen molar-refractivity contribution in [3.8, 4) is 5.75 Å². The van der Waals surface area contributed by atoms with Gasteiger partial charge in [0.15, 0.2) is 5.76 Å². The standard InChI is InChI=1S/C14H14N2O5/c1-20-11-4-2-10(3-5-11)8-9-15-14(17)12-6-7-13(21-12)16(18)19/h2-7H,8-9H2,1H3,(H,15,17). The van der Waals surface area contributed by atoms with Gasteiger partial charge in [0.1, 0.15) is 10.7 Å². The number of methoxy groups -OCH3 is 1. The van der Waals surface area contributed by atoms with Crippen LogP contribution in [0.2, 0.25) is 0 Å². The van der Waals surface area contributed by atoms with Gasteiger partial charge in [0, 0.05) is 6.54 Å². The number of carbonyl (C=O) groups excluding carboxylic acids is 1. The number of benzene rings is 1. The molecule has 7 nitrogen and oxygen atoms in total. The van der Waals surface area contributed by atoms with Gasteiger partial charge in [-0.05, 0) is 30.2 Å². The molecule has 0 unspecified atom stereocenters. The zero-order chi connectivity index (χ0) is 15.2. The fourth-order valence-electron chi connectivity index (χ4n) is 1.75. The van der Waals surface area contributed by atoms with Crippen molar-refractivity contribution in [2.75, 3.05) is 13.7 Å². The fourth-order valence-corrected chi connectivity index (χ4v) is 1.75. The Morgan fingerprint density at radius 3 is 2.57 bits per heavy atom. The van der Waals surface area contributed by atoms with Crippen LogP contribution in [0, 0.1) is 10.1 Å². The van der Waals surface area contributed by atoms with E-state index < -0.39 is 16.7 Å². The Balaban J connectivity index is 1.84. The first-order valence-electron chi connectivity index (χ1n) is 6.25. The molecule has 7 heteroatoms. The quantitative estimate of drug-likeness (QED) is 0.650. The van der Waals surface area contributed by atoms with E-state index in [1.54, 1.807) is 7.11 Å². The van der Waals surface area contributed by atoms with Gasteiger partial charge in [-0.2, -0.15) is 0 Å². The van der Waals surface area contributed by atoms with E-state index in [1.165, 1.54) is 6.07 Å². The molecule has 1 N–H and O–H groups in total. The molecule has 1 amide bonds. The van der Waals surface area contributed by atoms with Gasteiger partial charge >= 0.3 is 5.88 Å². The number of nitro groups is 1. The molecule has 1 aromatic heterocycles. The zero-order valence-electron chi connectivity index (χ0n) is 11.4. The summed E-state index contributed by atoms with van der Waals surface area (Å²) in [6.45, 7) is 0.402. The van der Waals surface area contributed by atoms with Crippen molar-refractivity contribution in [3.63, 3.8) is 0 Å². The Kier molecular flexibility index (Phi) is 4.55. The summed E-state index contributed by atoms with van der Waals surface area (Å²) in [5, 5.41) is 13.1. The predicted molar refractivity (Wildman–Crippen MR) is 74.4 cm³/mol. The first-order chi connectivity index (χ1) is 10.1. The minimum atomic E-state index is -0.686. The highest BCUT2D eigenvalue weighted by atomic mass is 16.6. The zero-order valence-corrected chi connectivity index (χ0v) is 11.4. The van der Waals surface area contributed by atoms with Gasteiger partial charge in [-0.25, -0.2) is 0 Å². The predicted octanol–water partition coefficient (Wildman–Crippen LogP) is 2.17. The normalized spacial score (nSPS) is 10.1. The molecule has 0 aliphatic carbocycles. The number of nitrogens with zero attached hydrogens (tertiary/aromatic N) is 1. The molecular formula is C14H14N2O5. The monoisotopic (exact) mass is 290 g/mol. The molecule has 1 aromatic carbocycles. The summed E-state index contributed by atoms with van der Waals surface area (Å²) >= 11 is 0. The average Bonchev–Trinajstić information content (AvgIpc) is 2.98. The largest absolute Gasteiger partial charge is 0.497 e. The number of ether oxygens (including phenoxy) is 1. The summed E-state index contributed by atoms with van der Waals surface area (Å²) < 4.78 is 9.87. The molecule has 0 aliphatic rings. The van der Waals surface area contributed by atoms with Crippen LogP contribution in [-0.4, -0.2) is 24.5 Å². The minimum Gasteiger partial charge on any atom is -0.497 e. The highest BCUT2D eigenvalue weighted by Gasteiger charge is 2.16. The van der Waals surface area contributed by atoms with Gasteiger partial charge in [0.25, 0.3) is 5.91 Å². The molecule has 0 bridgehead atoms. The van der Waals surface area contributed by atoms with E-state index in [-0.39, 0.29) is 5.76 Å². The molecule has 0 aliphatic heterocycles. The lowest BCUT2D eigenvalue weighted by Crippen LogP contribution is -2.25. The SMILES string of the molecule is COc1ccc(CCNC(=O)c2ccc([N+](=O)[O-])o2)cc1. The van der Waals surface area contributed by atoms with Gasteiger partial charge in [-0.15, -0.1) is 0 Å². The van der Waals surface area contributed by atoms with Gasteiger partial charge in [0.2, 0.25) is 0 Å². The lowest BCUT2D eigenvalue weighted by atomic mass is 10.1. The lowest BCUT2D eigenvalue weighted by Gasteiger charge is -2.04. The second-order valence-electron chi connectivity index (χ2n) is 4.25. The van der Waals surface area contributed by atoms with E-state index in [9.17, 15) is 14.9 Å². The number of furan rings is 1. The maximum Gasteiger partial charge on any atom is 0.433 e. The van der Waals surface area contributed by atoms with E-state index in [4.69, 9.17) is 9.15 Å². The number of amides is 1. The smallest absolute Gasteiger partial charge is 0.433 e. The van der Waals surface area contributed by atoms with Crippen LogP contribution in [0.5, 0.6) is 5.75 Å². The number of hydrogen-bond acceptors (Lipinski definition) is 5. The van der Waals surface area contributed by atoms with Gasteiger partial charge in [-0.1, -0.05) is 12.1 Å². The number of carbonyl (C=O) groups is 1. The van der Waals surface area contributed by atoms with Gasteiger partial charge in [0.05, 0.1) is 13.2 Å². The van der Waals surface area contributed by atoms with Crippen molar-refractivity contribution >= 4 is 11.8 Å². The average molecular weight is 290 g/mol. The van der Waals surface area contributed by atoms with E-state index >= 15 is 0 Å². The Morgan fingerprint density at radius 2 is 2.00 bits per heavy atom. The summed E-state index contributed by atoms with van der Waals surface area (Å²) in [6.07, 6.45) is 0.637. The summed E-state index contributed by atoms with van der Waals surface area (Å²) in [6, 6.07) is 9.92. The molecule has 21 heavy (non-hydrogen) atoms. The molecule has 2 aromatic rings. The number of hydrogen-bond donors (Lipinski definition) is 1. The van der Waals surface area contributed by atoms with Crippen LogP contribution in [0.4, 0.5) is 5.88 Å². The van der Waals surface area contributed by atoms with Crippen molar-refractivity contribution in [1.29, 1.82) is 0 Å². The number of rotatable bonds is 6. The molecule has 0 spiro atoms. The fraction of sp³-hybridized carbons (Fsp3) is 0.214. The van der Waals surface area contributed by atoms with E-state index in [2.05, 4.69) is 5.32 Å². The van der Waals surface area contributed by atoms with Crippen LogP contribution in [-0.2, 0) is 6.42 Å². The minimum absolute atomic E-state index is 0.0727. The van der Waals surface area contributed by atoms with Crippen molar-refractivity contribution in [3.05, 3.63) is 57.8 Å². The van der Waals surface area contributed by atoms with Crippen molar-refractivity contribution in [1.82, 2.24) is 5.32 Å². The molecule has 1 heterocycles. The molecule has 110 valence electrons. The van der Waals surface area contributed by atoms with E-state index in [1.807, 2.05) is 24.3 Å². The topological polar surface area (TPSA) is 94.6 Å². The summed E-state index contributed by atoms with van der Waals surface area (Å²) in [4.78, 5) is 21.5. The van der Waals surface area contributed by atoms with Crippen LogP contribution in [0.15, 0.2) is 40.8 Å². The molecule has 0 saturated carbocycles. The van der Waals surface area contributed by atoms with Gasteiger partial charge < -0.3 is 14.5 Å².